The Kier molecular flexibility index (Phi) is 4.81. The van der Waals surface area contributed by atoms with E-state index in [1.165, 1.54) is 0 Å². The second-order valence-corrected chi connectivity index (χ2v) is 3.63. The number of rotatable bonds is 5. The number of hydrogen-bond acceptors (Lipinski definition) is 1. The van der Waals surface area contributed by atoms with Crippen LogP contribution in [-0.2, 0) is 6.42 Å². The van der Waals surface area contributed by atoms with Gasteiger partial charge in [0.2, 0.25) is 0 Å². The Morgan fingerprint density at radius 3 is 2.86 bits per heavy atom. The third-order valence-corrected chi connectivity index (χ3v) is 2.57. The second-order valence-electron chi connectivity index (χ2n) is 3.22. The summed E-state index contributed by atoms with van der Waals surface area (Å²) in [5, 5.41) is 0.806. The van der Waals surface area contributed by atoms with E-state index in [0.717, 1.165) is 35.6 Å². The summed E-state index contributed by atoms with van der Waals surface area (Å²) in [5.74, 6) is 0.897. The molecule has 0 N–H and O–H groups in total. The van der Waals surface area contributed by atoms with Crippen LogP contribution in [0.25, 0.3) is 0 Å². The Bertz CT molecular complexity index is 284. The third kappa shape index (κ3) is 2.91. The Balaban J connectivity index is 2.72. The van der Waals surface area contributed by atoms with Gasteiger partial charge in [0.25, 0.3) is 0 Å². The number of benzene rings is 1. The minimum absolute atomic E-state index is 0.806. The number of hydrogen-bond donors (Lipinski definition) is 0. The van der Waals surface area contributed by atoms with Crippen molar-refractivity contribution in [1.29, 1.82) is 0 Å². The Morgan fingerprint density at radius 1 is 1.43 bits per heavy atom. The lowest BCUT2D eigenvalue weighted by atomic mass is 10.1. The highest BCUT2D eigenvalue weighted by Crippen LogP contribution is 2.27. The molecule has 0 fully saturated rings. The van der Waals surface area contributed by atoms with E-state index in [1.807, 2.05) is 18.2 Å². The monoisotopic (exact) mass is 211 g/mol. The van der Waals surface area contributed by atoms with Gasteiger partial charge in [-0.1, -0.05) is 31.0 Å². The SMILES string of the molecule is C[CH]CCCc1c(Cl)cccc1OC. The topological polar surface area (TPSA) is 9.23 Å². The van der Waals surface area contributed by atoms with Crippen LogP contribution in [0.5, 0.6) is 5.75 Å². The zero-order valence-corrected chi connectivity index (χ0v) is 9.47. The highest BCUT2D eigenvalue weighted by molar-refractivity contribution is 6.31. The zero-order valence-electron chi connectivity index (χ0n) is 8.72. The van der Waals surface area contributed by atoms with Gasteiger partial charge in [-0.05, 0) is 31.4 Å². The first-order valence-corrected chi connectivity index (χ1v) is 5.26. The van der Waals surface area contributed by atoms with Crippen molar-refractivity contribution in [2.24, 2.45) is 0 Å². The fourth-order valence-corrected chi connectivity index (χ4v) is 1.72. The summed E-state index contributed by atoms with van der Waals surface area (Å²) >= 11 is 6.10. The molecule has 0 unspecified atom stereocenters. The molecule has 2 heteroatoms. The van der Waals surface area contributed by atoms with E-state index in [4.69, 9.17) is 16.3 Å². The lowest BCUT2D eigenvalue weighted by molar-refractivity contribution is 0.409. The van der Waals surface area contributed by atoms with E-state index < -0.39 is 0 Å². The molecule has 1 nitrogen and oxygen atoms in total. The normalized spacial score (nSPS) is 10.2. The molecule has 0 aliphatic carbocycles. The summed E-state index contributed by atoms with van der Waals surface area (Å²) in [6.45, 7) is 2.07. The van der Waals surface area contributed by atoms with Gasteiger partial charge in [-0.15, -0.1) is 0 Å². The molecule has 14 heavy (non-hydrogen) atoms. The first-order chi connectivity index (χ1) is 6.79. The summed E-state index contributed by atoms with van der Waals surface area (Å²) in [6.07, 6.45) is 5.39. The minimum atomic E-state index is 0.806. The molecule has 0 spiro atoms. The van der Waals surface area contributed by atoms with Gasteiger partial charge in [0, 0.05) is 10.6 Å². The van der Waals surface area contributed by atoms with Crippen LogP contribution in [0.1, 0.15) is 25.3 Å². The summed E-state index contributed by atoms with van der Waals surface area (Å²) in [6, 6.07) is 5.78. The van der Waals surface area contributed by atoms with E-state index in [1.54, 1.807) is 7.11 Å². The van der Waals surface area contributed by atoms with Crippen molar-refractivity contribution in [2.75, 3.05) is 7.11 Å². The first-order valence-electron chi connectivity index (χ1n) is 4.88. The molecule has 0 atom stereocenters. The smallest absolute Gasteiger partial charge is 0.123 e. The fourth-order valence-electron chi connectivity index (χ4n) is 1.46. The maximum Gasteiger partial charge on any atom is 0.123 e. The van der Waals surface area contributed by atoms with Gasteiger partial charge in [-0.2, -0.15) is 0 Å². The van der Waals surface area contributed by atoms with Crippen LogP contribution in [-0.4, -0.2) is 7.11 Å². The third-order valence-electron chi connectivity index (χ3n) is 2.22. The standard InChI is InChI=1S/C12H16ClO/c1-3-4-5-7-10-11(13)8-6-9-12(10)14-2/h3,6,8-9H,4-5,7H2,1-2H3. The molecule has 1 aromatic carbocycles. The first kappa shape index (κ1) is 11.4. The van der Waals surface area contributed by atoms with Crippen molar-refractivity contribution in [3.05, 3.63) is 35.2 Å². The van der Waals surface area contributed by atoms with E-state index >= 15 is 0 Å². The summed E-state index contributed by atoms with van der Waals surface area (Å²) in [7, 11) is 1.68. The molecular weight excluding hydrogens is 196 g/mol. The highest BCUT2D eigenvalue weighted by Gasteiger charge is 2.06. The van der Waals surface area contributed by atoms with E-state index in [9.17, 15) is 0 Å². The van der Waals surface area contributed by atoms with Crippen molar-refractivity contribution >= 4 is 11.6 Å². The van der Waals surface area contributed by atoms with Gasteiger partial charge >= 0.3 is 0 Å². The lowest BCUT2D eigenvalue weighted by Crippen LogP contribution is -1.93. The maximum atomic E-state index is 6.10. The average molecular weight is 212 g/mol. The lowest BCUT2D eigenvalue weighted by Gasteiger charge is -2.09. The zero-order chi connectivity index (χ0) is 10.4. The molecule has 0 bridgehead atoms. The molecule has 0 heterocycles. The van der Waals surface area contributed by atoms with E-state index in [2.05, 4.69) is 13.3 Å². The van der Waals surface area contributed by atoms with Gasteiger partial charge in [0.15, 0.2) is 0 Å². The van der Waals surface area contributed by atoms with Gasteiger partial charge in [-0.25, -0.2) is 0 Å². The van der Waals surface area contributed by atoms with Gasteiger partial charge < -0.3 is 4.74 Å². The van der Waals surface area contributed by atoms with Crippen LogP contribution in [0.4, 0.5) is 0 Å². The van der Waals surface area contributed by atoms with Crippen molar-refractivity contribution in [1.82, 2.24) is 0 Å². The van der Waals surface area contributed by atoms with Gasteiger partial charge in [-0.3, -0.25) is 0 Å². The predicted molar refractivity (Wildman–Crippen MR) is 60.9 cm³/mol. The molecule has 0 aliphatic rings. The molecule has 1 rings (SSSR count). The van der Waals surface area contributed by atoms with Crippen molar-refractivity contribution in [2.45, 2.75) is 26.2 Å². The molecule has 0 saturated carbocycles. The number of unbranched alkanes of at least 4 members (excludes halogenated alkanes) is 2. The summed E-state index contributed by atoms with van der Waals surface area (Å²) in [4.78, 5) is 0. The number of ether oxygens (including phenoxy) is 1. The predicted octanol–water partition coefficient (Wildman–Crippen LogP) is 3.90. The van der Waals surface area contributed by atoms with Gasteiger partial charge in [0.05, 0.1) is 7.11 Å². The Hall–Kier alpha value is -0.690. The number of methoxy groups -OCH3 is 1. The Labute approximate surface area is 91.0 Å². The molecule has 0 saturated heterocycles. The molecule has 1 radical (unpaired) electrons. The largest absolute Gasteiger partial charge is 0.496 e. The van der Waals surface area contributed by atoms with Crippen molar-refractivity contribution in [3.63, 3.8) is 0 Å². The average Bonchev–Trinajstić information content (AvgIpc) is 2.20. The van der Waals surface area contributed by atoms with Crippen LogP contribution >= 0.6 is 11.6 Å². The molecule has 0 aromatic heterocycles. The second kappa shape index (κ2) is 5.92. The van der Waals surface area contributed by atoms with Gasteiger partial charge in [0.1, 0.15) is 5.75 Å². The summed E-state index contributed by atoms with van der Waals surface area (Å²) in [5.41, 5.74) is 1.12. The maximum absolute atomic E-state index is 6.10. The van der Waals surface area contributed by atoms with Crippen molar-refractivity contribution < 1.29 is 4.74 Å². The van der Waals surface area contributed by atoms with Crippen molar-refractivity contribution in [3.8, 4) is 5.75 Å². The van der Waals surface area contributed by atoms with Crippen LogP contribution in [0.2, 0.25) is 5.02 Å². The molecule has 0 amide bonds. The van der Waals surface area contributed by atoms with Crippen LogP contribution in [0.15, 0.2) is 18.2 Å². The quantitative estimate of drug-likeness (QED) is 0.672. The van der Waals surface area contributed by atoms with E-state index in [0.29, 0.717) is 0 Å². The van der Waals surface area contributed by atoms with Crippen LogP contribution < -0.4 is 4.74 Å². The minimum Gasteiger partial charge on any atom is -0.496 e. The van der Waals surface area contributed by atoms with E-state index in [-0.39, 0.29) is 0 Å². The molecular formula is C12H16ClO. The highest BCUT2D eigenvalue weighted by atomic mass is 35.5. The number of halogens is 1. The fraction of sp³-hybridized carbons (Fsp3) is 0.417. The summed E-state index contributed by atoms with van der Waals surface area (Å²) < 4.78 is 5.26. The van der Waals surface area contributed by atoms with Crippen LogP contribution in [0.3, 0.4) is 0 Å². The van der Waals surface area contributed by atoms with Crippen LogP contribution in [0, 0.1) is 6.42 Å². The molecule has 77 valence electrons. The molecule has 1 aromatic rings. The molecule has 0 aliphatic heterocycles. The Morgan fingerprint density at radius 2 is 2.21 bits per heavy atom.